The highest BCUT2D eigenvalue weighted by molar-refractivity contribution is 5.23. The van der Waals surface area contributed by atoms with E-state index in [0.29, 0.717) is 5.56 Å². The van der Waals surface area contributed by atoms with Crippen LogP contribution in [0.1, 0.15) is 11.1 Å². The van der Waals surface area contributed by atoms with Gasteiger partial charge in [-0.2, -0.15) is 13.2 Å². The molecule has 4 heteroatoms. The van der Waals surface area contributed by atoms with Crippen LogP contribution in [-0.2, 0) is 13.0 Å². The van der Waals surface area contributed by atoms with E-state index in [1.807, 2.05) is 19.0 Å². The summed E-state index contributed by atoms with van der Waals surface area (Å²) in [6.45, 7) is 0.742. The minimum Gasteiger partial charge on any atom is -0.305 e. The highest BCUT2D eigenvalue weighted by Crippen LogP contribution is 2.21. The SMILES string of the molecule is CN(C)Cc1ccc(CC(F)(F)F)cc1. The van der Waals surface area contributed by atoms with Crippen molar-refractivity contribution in [2.75, 3.05) is 14.1 Å². The van der Waals surface area contributed by atoms with E-state index in [9.17, 15) is 13.2 Å². The summed E-state index contributed by atoms with van der Waals surface area (Å²) < 4.78 is 36.1. The van der Waals surface area contributed by atoms with Crippen LogP contribution in [0.2, 0.25) is 0 Å². The van der Waals surface area contributed by atoms with Crippen LogP contribution < -0.4 is 0 Å². The monoisotopic (exact) mass is 217 g/mol. The first-order valence-corrected chi connectivity index (χ1v) is 4.66. The number of halogens is 3. The van der Waals surface area contributed by atoms with Crippen molar-refractivity contribution in [2.45, 2.75) is 19.1 Å². The molecule has 0 atom stereocenters. The highest BCUT2D eigenvalue weighted by atomic mass is 19.4. The van der Waals surface area contributed by atoms with Gasteiger partial charge in [-0.3, -0.25) is 0 Å². The van der Waals surface area contributed by atoms with E-state index < -0.39 is 12.6 Å². The Labute approximate surface area is 87.5 Å². The summed E-state index contributed by atoms with van der Waals surface area (Å²) in [6, 6.07) is 6.54. The predicted molar refractivity (Wildman–Crippen MR) is 53.6 cm³/mol. The molecule has 1 nitrogen and oxygen atoms in total. The Morgan fingerprint density at radius 1 is 1.00 bits per heavy atom. The molecule has 0 unspecified atom stereocenters. The van der Waals surface area contributed by atoms with Crippen LogP contribution in [0.25, 0.3) is 0 Å². The maximum absolute atomic E-state index is 12.0. The first kappa shape index (κ1) is 12.0. The Hall–Kier alpha value is -1.03. The average molecular weight is 217 g/mol. The molecule has 0 aliphatic carbocycles. The third-order valence-electron chi connectivity index (χ3n) is 1.93. The molecule has 0 spiro atoms. The summed E-state index contributed by atoms with van der Waals surface area (Å²) in [7, 11) is 3.84. The third kappa shape index (κ3) is 4.83. The van der Waals surface area contributed by atoms with Gasteiger partial charge in [-0.05, 0) is 25.2 Å². The summed E-state index contributed by atoms with van der Waals surface area (Å²) in [5.41, 5.74) is 1.33. The minimum absolute atomic E-state index is 0.310. The topological polar surface area (TPSA) is 3.24 Å². The summed E-state index contributed by atoms with van der Waals surface area (Å²) in [5, 5.41) is 0. The van der Waals surface area contributed by atoms with E-state index in [2.05, 4.69) is 0 Å². The van der Waals surface area contributed by atoms with Gasteiger partial charge in [0.15, 0.2) is 0 Å². The zero-order valence-electron chi connectivity index (χ0n) is 8.80. The molecule has 0 aliphatic heterocycles. The number of alkyl halides is 3. The smallest absolute Gasteiger partial charge is 0.305 e. The van der Waals surface area contributed by atoms with E-state index in [4.69, 9.17) is 0 Å². The van der Waals surface area contributed by atoms with E-state index >= 15 is 0 Å². The lowest BCUT2D eigenvalue weighted by Crippen LogP contribution is -2.12. The Morgan fingerprint density at radius 3 is 1.87 bits per heavy atom. The largest absolute Gasteiger partial charge is 0.393 e. The molecule has 1 aromatic rings. The zero-order valence-corrected chi connectivity index (χ0v) is 8.80. The van der Waals surface area contributed by atoms with E-state index in [0.717, 1.165) is 12.1 Å². The average Bonchev–Trinajstić information content (AvgIpc) is 2.05. The van der Waals surface area contributed by atoms with Gasteiger partial charge in [-0.15, -0.1) is 0 Å². The molecule has 1 aromatic carbocycles. The Kier molecular flexibility index (Phi) is 3.74. The molecule has 0 saturated carbocycles. The van der Waals surface area contributed by atoms with Gasteiger partial charge in [0.25, 0.3) is 0 Å². The van der Waals surface area contributed by atoms with Gasteiger partial charge in [0, 0.05) is 6.54 Å². The first-order chi connectivity index (χ1) is 6.87. The molecule has 84 valence electrons. The van der Waals surface area contributed by atoms with Crippen molar-refractivity contribution in [3.8, 4) is 0 Å². The number of hydrogen-bond donors (Lipinski definition) is 0. The summed E-state index contributed by atoms with van der Waals surface area (Å²) >= 11 is 0. The fourth-order valence-electron chi connectivity index (χ4n) is 1.36. The normalized spacial score (nSPS) is 12.1. The number of rotatable bonds is 3. The van der Waals surface area contributed by atoms with Crippen LogP contribution in [0.4, 0.5) is 13.2 Å². The fraction of sp³-hybridized carbons (Fsp3) is 0.455. The maximum Gasteiger partial charge on any atom is 0.393 e. The van der Waals surface area contributed by atoms with Gasteiger partial charge in [0.1, 0.15) is 0 Å². The van der Waals surface area contributed by atoms with Crippen LogP contribution in [0.3, 0.4) is 0 Å². The van der Waals surface area contributed by atoms with Gasteiger partial charge in [0.05, 0.1) is 6.42 Å². The van der Waals surface area contributed by atoms with Crippen LogP contribution >= 0.6 is 0 Å². The van der Waals surface area contributed by atoms with Crippen molar-refractivity contribution in [1.82, 2.24) is 4.90 Å². The highest BCUT2D eigenvalue weighted by Gasteiger charge is 2.27. The zero-order chi connectivity index (χ0) is 11.5. The van der Waals surface area contributed by atoms with Gasteiger partial charge < -0.3 is 4.90 Å². The number of benzene rings is 1. The lowest BCUT2D eigenvalue weighted by atomic mass is 10.1. The second-order valence-electron chi connectivity index (χ2n) is 3.85. The number of hydrogen-bond acceptors (Lipinski definition) is 1. The molecule has 1 rings (SSSR count). The van der Waals surface area contributed by atoms with Crippen LogP contribution in [-0.4, -0.2) is 25.2 Å². The van der Waals surface area contributed by atoms with Crippen molar-refractivity contribution in [3.05, 3.63) is 35.4 Å². The minimum atomic E-state index is -4.12. The Bertz CT molecular complexity index is 301. The lowest BCUT2D eigenvalue weighted by Gasteiger charge is -2.10. The van der Waals surface area contributed by atoms with Crippen molar-refractivity contribution >= 4 is 0 Å². The molecule has 0 saturated heterocycles. The quantitative estimate of drug-likeness (QED) is 0.752. The third-order valence-corrected chi connectivity index (χ3v) is 1.93. The summed E-state index contributed by atoms with van der Waals surface area (Å²) in [4.78, 5) is 1.97. The molecular formula is C11H14F3N. The Balaban J connectivity index is 2.64. The van der Waals surface area contributed by atoms with Gasteiger partial charge in [-0.1, -0.05) is 24.3 Å². The molecular weight excluding hydrogens is 203 g/mol. The second kappa shape index (κ2) is 4.66. The standard InChI is InChI=1S/C11H14F3N/c1-15(2)8-10-5-3-9(4-6-10)7-11(12,13)14/h3-6H,7-8H2,1-2H3. The van der Waals surface area contributed by atoms with E-state index in [1.54, 1.807) is 12.1 Å². The molecule has 0 aromatic heterocycles. The molecule has 0 heterocycles. The molecule has 15 heavy (non-hydrogen) atoms. The molecule has 0 fully saturated rings. The lowest BCUT2D eigenvalue weighted by molar-refractivity contribution is -0.127. The van der Waals surface area contributed by atoms with Crippen molar-refractivity contribution < 1.29 is 13.2 Å². The van der Waals surface area contributed by atoms with Crippen LogP contribution in [0, 0.1) is 0 Å². The second-order valence-corrected chi connectivity index (χ2v) is 3.85. The van der Waals surface area contributed by atoms with Crippen LogP contribution in [0.5, 0.6) is 0 Å². The van der Waals surface area contributed by atoms with Crippen molar-refractivity contribution in [1.29, 1.82) is 0 Å². The molecule has 0 amide bonds. The fourth-order valence-corrected chi connectivity index (χ4v) is 1.36. The van der Waals surface area contributed by atoms with E-state index in [1.165, 1.54) is 12.1 Å². The van der Waals surface area contributed by atoms with Gasteiger partial charge in [-0.25, -0.2) is 0 Å². The molecule has 0 radical (unpaired) electrons. The van der Waals surface area contributed by atoms with Gasteiger partial charge in [0.2, 0.25) is 0 Å². The summed E-state index contributed by atoms with van der Waals surface area (Å²) in [5.74, 6) is 0. The van der Waals surface area contributed by atoms with Crippen molar-refractivity contribution in [3.63, 3.8) is 0 Å². The maximum atomic E-state index is 12.0. The van der Waals surface area contributed by atoms with Crippen LogP contribution in [0.15, 0.2) is 24.3 Å². The molecule has 0 N–H and O–H groups in total. The predicted octanol–water partition coefficient (Wildman–Crippen LogP) is 2.85. The van der Waals surface area contributed by atoms with Gasteiger partial charge >= 0.3 is 6.18 Å². The molecule has 0 aliphatic rings. The number of nitrogens with zero attached hydrogens (tertiary/aromatic N) is 1. The molecule has 0 bridgehead atoms. The van der Waals surface area contributed by atoms with Crippen molar-refractivity contribution in [2.24, 2.45) is 0 Å². The first-order valence-electron chi connectivity index (χ1n) is 4.66. The van der Waals surface area contributed by atoms with E-state index in [-0.39, 0.29) is 0 Å². The Morgan fingerprint density at radius 2 is 1.47 bits per heavy atom. The summed E-state index contributed by atoms with van der Waals surface area (Å²) in [6.07, 6.45) is -4.97.